The number of carbonyl (C=O) groups excluding carboxylic acids is 2. The zero-order valence-electron chi connectivity index (χ0n) is 11.6. The Bertz CT molecular complexity index is 426. The number of carbonyl (C=O) groups is 2. The van der Waals surface area contributed by atoms with Crippen LogP contribution in [0.25, 0.3) is 0 Å². The number of esters is 2. The monoisotopic (exact) mass is 394 g/mol. The third kappa shape index (κ3) is 2.06. The van der Waals surface area contributed by atoms with Crippen LogP contribution in [-0.2, 0) is 23.8 Å². The molecule has 0 aromatic heterocycles. The van der Waals surface area contributed by atoms with Crippen LogP contribution in [0.15, 0.2) is 0 Å². The van der Waals surface area contributed by atoms with Crippen LogP contribution >= 0.6 is 22.6 Å². The Balaban J connectivity index is 1.77. The molecule has 1 aliphatic heterocycles. The van der Waals surface area contributed by atoms with E-state index in [1.54, 1.807) is 7.11 Å². The molecule has 20 heavy (non-hydrogen) atoms. The van der Waals surface area contributed by atoms with E-state index < -0.39 is 0 Å². The molecule has 112 valence electrons. The quantitative estimate of drug-likeness (QED) is 0.412. The summed E-state index contributed by atoms with van der Waals surface area (Å²) in [5, 5.41) is 0. The van der Waals surface area contributed by atoms with Crippen LogP contribution in [0.5, 0.6) is 0 Å². The average molecular weight is 394 g/mol. The van der Waals surface area contributed by atoms with Gasteiger partial charge < -0.3 is 14.2 Å². The number of rotatable bonds is 4. The minimum absolute atomic E-state index is 0.0642. The Labute approximate surface area is 131 Å². The zero-order valence-corrected chi connectivity index (χ0v) is 13.7. The van der Waals surface area contributed by atoms with Crippen LogP contribution in [0, 0.1) is 23.7 Å². The van der Waals surface area contributed by atoms with Gasteiger partial charge in [0.2, 0.25) is 0 Å². The van der Waals surface area contributed by atoms with Gasteiger partial charge in [0.1, 0.15) is 10.0 Å². The second-order valence-corrected chi connectivity index (χ2v) is 7.36. The zero-order chi connectivity index (χ0) is 14.4. The molecular weight excluding hydrogens is 375 g/mol. The van der Waals surface area contributed by atoms with Crippen molar-refractivity contribution < 1.29 is 23.8 Å². The van der Waals surface area contributed by atoms with E-state index in [2.05, 4.69) is 22.6 Å². The van der Waals surface area contributed by atoms with Gasteiger partial charge >= 0.3 is 11.9 Å². The van der Waals surface area contributed by atoms with Crippen molar-refractivity contribution in [1.82, 2.24) is 0 Å². The highest BCUT2D eigenvalue weighted by atomic mass is 127. The van der Waals surface area contributed by atoms with E-state index in [9.17, 15) is 9.59 Å². The first-order chi connectivity index (χ1) is 9.58. The van der Waals surface area contributed by atoms with Crippen LogP contribution in [-0.4, -0.2) is 41.8 Å². The van der Waals surface area contributed by atoms with E-state index in [4.69, 9.17) is 14.2 Å². The molecule has 3 aliphatic rings. The van der Waals surface area contributed by atoms with Crippen molar-refractivity contribution in [3.8, 4) is 0 Å². The van der Waals surface area contributed by atoms with E-state index in [-0.39, 0.29) is 51.7 Å². The molecule has 0 aromatic rings. The predicted molar refractivity (Wildman–Crippen MR) is 78.3 cm³/mol. The second-order valence-electron chi connectivity index (χ2n) is 5.86. The molecule has 0 spiro atoms. The maximum Gasteiger partial charge on any atom is 0.319 e. The van der Waals surface area contributed by atoms with Crippen molar-refractivity contribution in [2.24, 2.45) is 23.7 Å². The van der Waals surface area contributed by atoms with Gasteiger partial charge in [-0.05, 0) is 18.8 Å². The summed E-state index contributed by atoms with van der Waals surface area (Å²) in [5.74, 6) is 0.158. The Kier molecular flexibility index (Phi) is 3.96. The molecule has 1 saturated heterocycles. The molecular formula is C14H19IO5. The molecule has 7 atom stereocenters. The predicted octanol–water partition coefficient (Wildman–Crippen LogP) is 1.57. The molecule has 0 amide bonds. The van der Waals surface area contributed by atoms with Crippen LogP contribution in [0.1, 0.15) is 19.8 Å². The first-order valence-electron chi connectivity index (χ1n) is 7.12. The second kappa shape index (κ2) is 5.44. The molecule has 0 radical (unpaired) electrons. The number of fused-ring (bicyclic) bond motifs is 5. The standard InChI is InChI=1S/C14H19IO5/c1-3-9(15)13(16)20-12-7-4-6(11(12)18-2)8-5-19-14(17)10(7)8/h6-12H,3-5H2,1-2H3. The van der Waals surface area contributed by atoms with Gasteiger partial charge in [0, 0.05) is 18.9 Å². The van der Waals surface area contributed by atoms with Crippen LogP contribution < -0.4 is 0 Å². The van der Waals surface area contributed by atoms with Gasteiger partial charge in [-0.1, -0.05) is 29.5 Å². The van der Waals surface area contributed by atoms with Crippen LogP contribution in [0.3, 0.4) is 0 Å². The van der Waals surface area contributed by atoms with Gasteiger partial charge in [-0.2, -0.15) is 0 Å². The number of hydrogen-bond donors (Lipinski definition) is 0. The Hall–Kier alpha value is -0.370. The molecule has 1 heterocycles. The summed E-state index contributed by atoms with van der Waals surface area (Å²) in [6, 6.07) is 0. The highest BCUT2D eigenvalue weighted by Crippen LogP contribution is 2.56. The molecule has 3 rings (SSSR count). The van der Waals surface area contributed by atoms with E-state index in [1.807, 2.05) is 6.92 Å². The Morgan fingerprint density at radius 1 is 1.40 bits per heavy atom. The lowest BCUT2D eigenvalue weighted by Gasteiger charge is -2.34. The third-order valence-corrected chi connectivity index (χ3v) is 6.40. The van der Waals surface area contributed by atoms with E-state index >= 15 is 0 Å². The minimum Gasteiger partial charge on any atom is -0.465 e. The molecule has 0 N–H and O–H groups in total. The number of ether oxygens (including phenoxy) is 3. The highest BCUT2D eigenvalue weighted by Gasteiger charge is 2.65. The van der Waals surface area contributed by atoms with E-state index in [0.717, 1.165) is 12.8 Å². The summed E-state index contributed by atoms with van der Waals surface area (Å²) in [6.45, 7) is 2.45. The molecule has 7 unspecified atom stereocenters. The van der Waals surface area contributed by atoms with Gasteiger partial charge in [0.05, 0.1) is 18.6 Å². The van der Waals surface area contributed by atoms with Crippen molar-refractivity contribution in [2.45, 2.75) is 35.9 Å². The van der Waals surface area contributed by atoms with Gasteiger partial charge in [-0.25, -0.2) is 0 Å². The fourth-order valence-corrected chi connectivity index (χ4v) is 4.26. The first kappa shape index (κ1) is 14.6. The molecule has 2 bridgehead atoms. The number of methoxy groups -OCH3 is 1. The smallest absolute Gasteiger partial charge is 0.319 e. The molecule has 2 saturated carbocycles. The number of alkyl halides is 1. The summed E-state index contributed by atoms with van der Waals surface area (Å²) >= 11 is 2.10. The molecule has 3 fully saturated rings. The van der Waals surface area contributed by atoms with Gasteiger partial charge in [-0.3, -0.25) is 9.59 Å². The van der Waals surface area contributed by atoms with Gasteiger partial charge in [-0.15, -0.1) is 0 Å². The van der Waals surface area contributed by atoms with Crippen molar-refractivity contribution >= 4 is 34.5 Å². The summed E-state index contributed by atoms with van der Waals surface area (Å²) in [6.07, 6.45) is 1.25. The maximum atomic E-state index is 12.0. The van der Waals surface area contributed by atoms with Crippen LogP contribution in [0.2, 0.25) is 0 Å². The van der Waals surface area contributed by atoms with Gasteiger partial charge in [0.25, 0.3) is 0 Å². The van der Waals surface area contributed by atoms with Crippen LogP contribution in [0.4, 0.5) is 0 Å². The fourth-order valence-electron chi connectivity index (χ4n) is 4.11. The first-order valence-corrected chi connectivity index (χ1v) is 8.37. The Morgan fingerprint density at radius 2 is 2.15 bits per heavy atom. The van der Waals surface area contributed by atoms with Crippen molar-refractivity contribution in [2.75, 3.05) is 13.7 Å². The van der Waals surface area contributed by atoms with Gasteiger partial charge in [0.15, 0.2) is 0 Å². The summed E-state index contributed by atoms with van der Waals surface area (Å²) in [5.41, 5.74) is 0. The largest absolute Gasteiger partial charge is 0.465 e. The van der Waals surface area contributed by atoms with Crippen molar-refractivity contribution in [1.29, 1.82) is 0 Å². The van der Waals surface area contributed by atoms with Crippen molar-refractivity contribution in [3.63, 3.8) is 0 Å². The SMILES string of the molecule is CCC(I)C(=O)OC1C2CC(C3COC(=O)C32)C1OC. The molecule has 5 nitrogen and oxygen atoms in total. The molecule has 0 aromatic carbocycles. The summed E-state index contributed by atoms with van der Waals surface area (Å²) in [4.78, 5) is 23.9. The Morgan fingerprint density at radius 3 is 2.80 bits per heavy atom. The fraction of sp³-hybridized carbons (Fsp3) is 0.857. The number of halogens is 1. The lowest BCUT2D eigenvalue weighted by molar-refractivity contribution is -0.165. The topological polar surface area (TPSA) is 61.8 Å². The summed E-state index contributed by atoms with van der Waals surface area (Å²) < 4.78 is 16.3. The molecule has 6 heteroatoms. The van der Waals surface area contributed by atoms with E-state index in [1.165, 1.54) is 0 Å². The average Bonchev–Trinajstić information content (AvgIpc) is 3.09. The minimum atomic E-state index is -0.298. The summed E-state index contributed by atoms with van der Waals surface area (Å²) in [7, 11) is 1.65. The molecule has 2 aliphatic carbocycles. The maximum absolute atomic E-state index is 12.0. The normalized spacial score (nSPS) is 43.2. The lowest BCUT2D eigenvalue weighted by Crippen LogP contribution is -2.46. The number of cyclic esters (lactones) is 1. The van der Waals surface area contributed by atoms with Crippen molar-refractivity contribution in [3.05, 3.63) is 0 Å². The highest BCUT2D eigenvalue weighted by molar-refractivity contribution is 14.1. The third-order valence-electron chi connectivity index (χ3n) is 5.01. The number of hydrogen-bond acceptors (Lipinski definition) is 5. The van der Waals surface area contributed by atoms with E-state index in [0.29, 0.717) is 6.61 Å². The lowest BCUT2D eigenvalue weighted by atomic mass is 9.78.